The Hall–Kier alpha value is -1.92. The minimum absolute atomic E-state index is 0.0469. The van der Waals surface area contributed by atoms with Crippen molar-refractivity contribution in [2.75, 3.05) is 39.8 Å². The maximum absolute atomic E-state index is 14.0. The molecule has 2 aliphatic rings. The number of amides is 1. The van der Waals surface area contributed by atoms with Crippen molar-refractivity contribution in [3.8, 4) is 0 Å². The fourth-order valence-electron chi connectivity index (χ4n) is 5.19. The molecule has 0 spiro atoms. The van der Waals surface area contributed by atoms with E-state index in [9.17, 15) is 9.59 Å². The van der Waals surface area contributed by atoms with Gasteiger partial charge in [-0.05, 0) is 42.4 Å². The van der Waals surface area contributed by atoms with E-state index < -0.39 is 0 Å². The van der Waals surface area contributed by atoms with Crippen LogP contribution in [0.15, 0.2) is 48.5 Å². The quantitative estimate of drug-likeness (QED) is 0.626. The third-order valence-corrected chi connectivity index (χ3v) is 7.61. The summed E-state index contributed by atoms with van der Waals surface area (Å²) in [5.74, 6) is -0.425. The van der Waals surface area contributed by atoms with Crippen LogP contribution in [0.3, 0.4) is 0 Å². The minimum atomic E-state index is -0.355. The Kier molecular flexibility index (Phi) is 7.44. The van der Waals surface area contributed by atoms with Crippen molar-refractivity contribution in [2.45, 2.75) is 25.9 Å². The van der Waals surface area contributed by atoms with Gasteiger partial charge in [0, 0.05) is 48.1 Å². The second kappa shape index (κ2) is 10.1. The molecule has 7 heteroatoms. The molecule has 1 amide bonds. The van der Waals surface area contributed by atoms with Crippen molar-refractivity contribution in [1.29, 1.82) is 0 Å². The Morgan fingerprint density at radius 2 is 1.24 bits per heavy atom. The van der Waals surface area contributed by atoms with Crippen molar-refractivity contribution < 1.29 is 9.59 Å². The highest BCUT2D eigenvalue weighted by Gasteiger charge is 2.48. The summed E-state index contributed by atoms with van der Waals surface area (Å²) in [5, 5.41) is 1.26. The molecule has 0 aromatic heterocycles. The highest BCUT2D eigenvalue weighted by Crippen LogP contribution is 2.46. The average Bonchev–Trinajstić information content (AvgIpc) is 2.80. The number of hydrogen-bond donors (Lipinski definition) is 0. The molecule has 0 bridgehead atoms. The zero-order valence-corrected chi connectivity index (χ0v) is 20.9. The maximum atomic E-state index is 14.0. The molecule has 0 radical (unpaired) electrons. The molecule has 2 fully saturated rings. The van der Waals surface area contributed by atoms with E-state index in [4.69, 9.17) is 23.2 Å². The van der Waals surface area contributed by atoms with Gasteiger partial charge in [0.1, 0.15) is 5.78 Å². The predicted octanol–water partition coefficient (Wildman–Crippen LogP) is 4.71. The number of likely N-dealkylation sites (N-methyl/N-ethyl adjacent to an activating group) is 1. The summed E-state index contributed by atoms with van der Waals surface area (Å²) in [6.07, 6.45) is 0. The monoisotopic (exact) mass is 487 g/mol. The number of ketones is 1. The van der Waals surface area contributed by atoms with E-state index in [2.05, 4.69) is 16.8 Å². The lowest BCUT2D eigenvalue weighted by atomic mass is 9.74. The van der Waals surface area contributed by atoms with E-state index in [0.717, 1.165) is 37.3 Å². The van der Waals surface area contributed by atoms with E-state index in [1.807, 2.05) is 67.3 Å². The molecule has 5 nitrogen and oxygen atoms in total. The summed E-state index contributed by atoms with van der Waals surface area (Å²) in [5.41, 5.74) is 1.86. The lowest BCUT2D eigenvalue weighted by Crippen LogP contribution is -2.55. The standard InChI is InChI=1S/C26H31Cl2N3O2/c1-17-24(19-4-8-21(27)9-5-19)31(23(32)16-30-14-12-29(3)13-15-30)25(18(2)26(17)33)20-6-10-22(28)11-7-20/h4-11,17-18,24-25H,12-16H2,1-3H3. The number of carbonyl (C=O) groups is 2. The molecule has 2 aromatic carbocycles. The second-order valence-electron chi connectivity index (χ2n) is 9.35. The van der Waals surface area contributed by atoms with Gasteiger partial charge in [0.15, 0.2) is 0 Å². The van der Waals surface area contributed by atoms with Crippen molar-refractivity contribution in [1.82, 2.24) is 14.7 Å². The third-order valence-electron chi connectivity index (χ3n) is 7.11. The van der Waals surface area contributed by atoms with Gasteiger partial charge in [0.2, 0.25) is 5.91 Å². The van der Waals surface area contributed by atoms with E-state index in [-0.39, 0.29) is 35.6 Å². The first-order chi connectivity index (χ1) is 15.8. The van der Waals surface area contributed by atoms with Gasteiger partial charge in [-0.2, -0.15) is 0 Å². The van der Waals surface area contributed by atoms with Crippen LogP contribution in [0.4, 0.5) is 0 Å². The SMILES string of the molecule is CC1C(=O)C(C)C(c2ccc(Cl)cc2)N(C(=O)CN2CCN(C)CC2)C1c1ccc(Cl)cc1. The molecule has 4 rings (SSSR count). The van der Waals surface area contributed by atoms with Crippen LogP contribution in [-0.2, 0) is 9.59 Å². The lowest BCUT2D eigenvalue weighted by molar-refractivity contribution is -0.152. The van der Waals surface area contributed by atoms with Crippen LogP contribution in [0.25, 0.3) is 0 Å². The van der Waals surface area contributed by atoms with Gasteiger partial charge >= 0.3 is 0 Å². The van der Waals surface area contributed by atoms with Crippen LogP contribution < -0.4 is 0 Å². The van der Waals surface area contributed by atoms with Gasteiger partial charge < -0.3 is 9.80 Å². The van der Waals surface area contributed by atoms with Gasteiger partial charge in [0.25, 0.3) is 0 Å². The summed E-state index contributed by atoms with van der Waals surface area (Å²) >= 11 is 12.3. The van der Waals surface area contributed by atoms with Gasteiger partial charge in [-0.15, -0.1) is 0 Å². The number of hydrogen-bond acceptors (Lipinski definition) is 4. The number of carbonyl (C=O) groups excluding carboxylic acids is 2. The smallest absolute Gasteiger partial charge is 0.237 e. The Bertz CT molecular complexity index is 926. The Labute approximate surface area is 206 Å². The first-order valence-corrected chi connectivity index (χ1v) is 12.3. The molecule has 33 heavy (non-hydrogen) atoms. The van der Waals surface area contributed by atoms with Crippen LogP contribution in [0, 0.1) is 11.8 Å². The van der Waals surface area contributed by atoms with Crippen molar-refractivity contribution in [2.24, 2.45) is 11.8 Å². The third kappa shape index (κ3) is 5.12. The van der Waals surface area contributed by atoms with Crippen molar-refractivity contribution >= 4 is 34.9 Å². The van der Waals surface area contributed by atoms with Gasteiger partial charge in [-0.3, -0.25) is 14.5 Å². The van der Waals surface area contributed by atoms with E-state index in [1.54, 1.807) is 0 Å². The molecular formula is C26H31Cl2N3O2. The van der Waals surface area contributed by atoms with Crippen LogP contribution in [-0.4, -0.2) is 66.2 Å². The molecule has 2 saturated heterocycles. The van der Waals surface area contributed by atoms with Gasteiger partial charge in [-0.25, -0.2) is 0 Å². The molecule has 4 unspecified atom stereocenters. The van der Waals surface area contributed by atoms with E-state index in [0.29, 0.717) is 16.6 Å². The van der Waals surface area contributed by atoms with E-state index >= 15 is 0 Å². The molecule has 4 atom stereocenters. The van der Waals surface area contributed by atoms with Gasteiger partial charge in [0.05, 0.1) is 18.6 Å². The van der Waals surface area contributed by atoms with Crippen molar-refractivity contribution in [3.63, 3.8) is 0 Å². The summed E-state index contributed by atoms with van der Waals surface area (Å²) in [6, 6.07) is 14.3. The number of benzene rings is 2. The normalized spacial score (nSPS) is 27.1. The minimum Gasteiger partial charge on any atom is -0.326 e. The first-order valence-electron chi connectivity index (χ1n) is 11.5. The van der Waals surface area contributed by atoms with Crippen LogP contribution in [0.5, 0.6) is 0 Å². The number of Topliss-reactive ketones (excluding diaryl/α,β-unsaturated/α-hetero) is 1. The number of piperazine rings is 1. The summed E-state index contributed by atoms with van der Waals surface area (Å²) < 4.78 is 0. The zero-order chi connectivity index (χ0) is 23.7. The number of halogens is 2. The first kappa shape index (κ1) is 24.2. The van der Waals surface area contributed by atoms with Crippen molar-refractivity contribution in [3.05, 3.63) is 69.7 Å². The molecular weight excluding hydrogens is 457 g/mol. The predicted molar refractivity (Wildman–Crippen MR) is 133 cm³/mol. The molecule has 2 aliphatic heterocycles. The maximum Gasteiger partial charge on any atom is 0.237 e. The molecule has 2 heterocycles. The molecule has 0 aliphatic carbocycles. The van der Waals surface area contributed by atoms with Crippen LogP contribution in [0.1, 0.15) is 37.1 Å². The average molecular weight is 488 g/mol. The molecule has 2 aromatic rings. The number of likely N-dealkylation sites (tertiary alicyclic amines) is 1. The fraction of sp³-hybridized carbons (Fsp3) is 0.462. The molecule has 0 N–H and O–H groups in total. The summed E-state index contributed by atoms with van der Waals surface area (Å²) in [4.78, 5) is 33.8. The highest BCUT2D eigenvalue weighted by atomic mass is 35.5. The largest absolute Gasteiger partial charge is 0.326 e. The summed E-state index contributed by atoms with van der Waals surface area (Å²) in [7, 11) is 2.10. The second-order valence-corrected chi connectivity index (χ2v) is 10.2. The van der Waals surface area contributed by atoms with Gasteiger partial charge in [-0.1, -0.05) is 61.3 Å². The van der Waals surface area contributed by atoms with Crippen LogP contribution >= 0.6 is 23.2 Å². The van der Waals surface area contributed by atoms with E-state index in [1.165, 1.54) is 0 Å². The lowest BCUT2D eigenvalue weighted by Gasteiger charge is -2.49. The Morgan fingerprint density at radius 3 is 1.67 bits per heavy atom. The Balaban J connectivity index is 1.75. The molecule has 0 saturated carbocycles. The summed E-state index contributed by atoms with van der Waals surface area (Å²) in [6.45, 7) is 7.82. The number of nitrogens with zero attached hydrogens (tertiary/aromatic N) is 3. The van der Waals surface area contributed by atoms with Crippen LogP contribution in [0.2, 0.25) is 10.0 Å². The molecule has 176 valence electrons. The number of piperidine rings is 1. The topological polar surface area (TPSA) is 43.9 Å². The highest BCUT2D eigenvalue weighted by molar-refractivity contribution is 6.30. The Morgan fingerprint density at radius 1 is 0.818 bits per heavy atom. The fourth-order valence-corrected chi connectivity index (χ4v) is 5.44. The zero-order valence-electron chi connectivity index (χ0n) is 19.4. The number of rotatable bonds is 4.